The molecule has 0 radical (unpaired) electrons. The van der Waals surface area contributed by atoms with E-state index in [9.17, 15) is 9.18 Å². The van der Waals surface area contributed by atoms with Crippen molar-refractivity contribution >= 4 is 17.0 Å². The van der Waals surface area contributed by atoms with Crippen molar-refractivity contribution in [1.82, 2.24) is 19.4 Å². The molecule has 0 spiro atoms. The number of halogens is 1. The van der Waals surface area contributed by atoms with Crippen molar-refractivity contribution in [2.24, 2.45) is 11.8 Å². The Bertz CT molecular complexity index is 1700. The molecule has 3 fully saturated rings. The van der Waals surface area contributed by atoms with Gasteiger partial charge in [0.15, 0.2) is 0 Å². The van der Waals surface area contributed by atoms with E-state index < -0.39 is 5.82 Å². The van der Waals surface area contributed by atoms with Crippen molar-refractivity contribution in [2.45, 2.75) is 38.1 Å². The summed E-state index contributed by atoms with van der Waals surface area (Å²) in [7, 11) is 1.39. The van der Waals surface area contributed by atoms with Crippen LogP contribution in [-0.4, -0.2) is 58.3 Å². The first-order chi connectivity index (χ1) is 20.5. The molecule has 4 atom stereocenters. The summed E-state index contributed by atoms with van der Waals surface area (Å²) in [5.41, 5.74) is 3.97. The molecule has 2 aromatic heterocycles. The third-order valence-electron chi connectivity index (χ3n) is 8.71. The molecule has 1 saturated carbocycles. The molecule has 0 N–H and O–H groups in total. The van der Waals surface area contributed by atoms with Crippen LogP contribution in [0.15, 0.2) is 54.6 Å². The molecule has 2 aliphatic heterocycles. The Kier molecular flexibility index (Phi) is 6.84. The lowest BCUT2D eigenvalue weighted by Crippen LogP contribution is -2.33. The Balaban J connectivity index is 1.01. The van der Waals surface area contributed by atoms with E-state index in [4.69, 9.17) is 29.4 Å². The van der Waals surface area contributed by atoms with Gasteiger partial charge in [-0.25, -0.2) is 19.2 Å². The van der Waals surface area contributed by atoms with Gasteiger partial charge in [-0.3, -0.25) is 4.90 Å². The lowest BCUT2D eigenvalue weighted by atomic mass is 10.1. The number of piperidine rings is 1. The monoisotopic (exact) mass is 567 g/mol. The minimum Gasteiger partial charge on any atom is -0.473 e. The number of nitriles is 1. The summed E-state index contributed by atoms with van der Waals surface area (Å²) in [6.07, 6.45) is 1.18. The number of ether oxygens (including phenoxy) is 3. The van der Waals surface area contributed by atoms with Crippen LogP contribution in [0.1, 0.15) is 45.3 Å². The van der Waals surface area contributed by atoms with Crippen molar-refractivity contribution in [3.63, 3.8) is 0 Å². The number of fused-ring (bicyclic) bond motifs is 2. The zero-order valence-electron chi connectivity index (χ0n) is 23.2. The number of imidazole rings is 1. The minimum atomic E-state index is -0.459. The van der Waals surface area contributed by atoms with Crippen LogP contribution in [-0.2, 0) is 29.2 Å². The van der Waals surface area contributed by atoms with Gasteiger partial charge in [0.25, 0.3) is 0 Å². The molecule has 2 saturated heterocycles. The lowest BCUT2D eigenvalue weighted by Gasteiger charge is -2.28. The van der Waals surface area contributed by atoms with Crippen molar-refractivity contribution < 1.29 is 23.4 Å². The van der Waals surface area contributed by atoms with Gasteiger partial charge in [0.05, 0.1) is 54.5 Å². The third kappa shape index (κ3) is 4.99. The van der Waals surface area contributed by atoms with Gasteiger partial charge in [0.2, 0.25) is 5.88 Å². The molecule has 214 valence electrons. The first kappa shape index (κ1) is 26.6. The van der Waals surface area contributed by atoms with Gasteiger partial charge >= 0.3 is 5.97 Å². The normalized spacial score (nSPS) is 22.8. The highest BCUT2D eigenvalue weighted by molar-refractivity contribution is 5.93. The van der Waals surface area contributed by atoms with E-state index in [1.54, 1.807) is 24.3 Å². The second kappa shape index (κ2) is 10.8. The second-order valence-corrected chi connectivity index (χ2v) is 11.3. The number of carbonyl (C=O) groups excluding carboxylic acids is 1. The van der Waals surface area contributed by atoms with E-state index in [1.807, 2.05) is 30.3 Å². The average Bonchev–Trinajstić information content (AvgIpc) is 3.30. The summed E-state index contributed by atoms with van der Waals surface area (Å²) in [5.74, 6) is 2.03. The molecule has 10 heteroatoms. The van der Waals surface area contributed by atoms with E-state index in [-0.39, 0.29) is 24.2 Å². The number of aromatic nitrogens is 3. The molecule has 42 heavy (non-hydrogen) atoms. The van der Waals surface area contributed by atoms with E-state index in [0.717, 1.165) is 55.2 Å². The predicted molar refractivity (Wildman–Crippen MR) is 150 cm³/mol. The largest absolute Gasteiger partial charge is 0.473 e. The summed E-state index contributed by atoms with van der Waals surface area (Å²) in [5, 5.41) is 8.94. The molecule has 4 heterocycles. The molecule has 0 bridgehead atoms. The standard InChI is InChI=1S/C32H30FN5O4/c1-40-32(39)20-7-8-26-28(12-20)38(14-22-9-10-41-22)29(35-26)17-37-15-23-24(16-37)31(23)27-3-2-4-30(36-27)42-18-21-6-5-19(13-34)11-25(21)33/h2-8,11-12,22-24,31H,9-10,14-18H2,1H3/t22-,23-,24+,31?/m0/s1. The summed E-state index contributed by atoms with van der Waals surface area (Å²) >= 11 is 0. The Morgan fingerprint density at radius 2 is 1.98 bits per heavy atom. The quantitative estimate of drug-likeness (QED) is 0.274. The number of esters is 1. The molecular weight excluding hydrogens is 537 g/mol. The number of hydrogen-bond donors (Lipinski definition) is 0. The molecule has 1 unspecified atom stereocenters. The second-order valence-electron chi connectivity index (χ2n) is 11.3. The van der Waals surface area contributed by atoms with Gasteiger partial charge in [-0.15, -0.1) is 0 Å². The number of nitrogens with zero attached hydrogens (tertiary/aromatic N) is 5. The van der Waals surface area contributed by atoms with Crippen LogP contribution in [0.3, 0.4) is 0 Å². The van der Waals surface area contributed by atoms with Crippen molar-refractivity contribution in [3.8, 4) is 11.9 Å². The molecule has 0 amide bonds. The predicted octanol–water partition coefficient (Wildman–Crippen LogP) is 4.44. The molecule has 3 aliphatic rings. The smallest absolute Gasteiger partial charge is 0.337 e. The average molecular weight is 568 g/mol. The molecule has 2 aromatic carbocycles. The summed E-state index contributed by atoms with van der Waals surface area (Å²) < 4.78 is 32.9. The van der Waals surface area contributed by atoms with Crippen molar-refractivity contribution in [3.05, 3.63) is 88.6 Å². The van der Waals surface area contributed by atoms with Crippen molar-refractivity contribution in [1.29, 1.82) is 5.26 Å². The first-order valence-electron chi connectivity index (χ1n) is 14.2. The molecule has 7 rings (SSSR count). The Labute approximate surface area is 242 Å². The third-order valence-corrected chi connectivity index (χ3v) is 8.71. The summed E-state index contributed by atoms with van der Waals surface area (Å²) in [4.78, 5) is 24.3. The molecular formula is C32H30FN5O4. The van der Waals surface area contributed by atoms with E-state index >= 15 is 0 Å². The Morgan fingerprint density at radius 1 is 1.14 bits per heavy atom. The number of likely N-dealkylation sites (tertiary alicyclic amines) is 1. The topological polar surface area (TPSA) is 102 Å². The van der Waals surface area contributed by atoms with Crippen LogP contribution >= 0.6 is 0 Å². The molecule has 1 aliphatic carbocycles. The van der Waals surface area contributed by atoms with Crippen LogP contribution < -0.4 is 4.74 Å². The van der Waals surface area contributed by atoms with Gasteiger partial charge in [-0.1, -0.05) is 12.1 Å². The fourth-order valence-corrected chi connectivity index (χ4v) is 6.34. The van der Waals surface area contributed by atoms with Crippen LogP contribution in [0.5, 0.6) is 5.88 Å². The molecule has 4 aromatic rings. The van der Waals surface area contributed by atoms with Crippen LogP contribution in [0.25, 0.3) is 11.0 Å². The van der Waals surface area contributed by atoms with Crippen LogP contribution in [0.4, 0.5) is 4.39 Å². The van der Waals surface area contributed by atoms with E-state index in [0.29, 0.717) is 41.3 Å². The van der Waals surface area contributed by atoms with E-state index in [2.05, 4.69) is 9.47 Å². The number of hydrogen-bond acceptors (Lipinski definition) is 8. The first-order valence-corrected chi connectivity index (χ1v) is 14.2. The summed E-state index contributed by atoms with van der Waals surface area (Å²) in [6.45, 7) is 4.17. The fraction of sp³-hybridized carbons (Fsp3) is 0.375. The van der Waals surface area contributed by atoms with Crippen LogP contribution in [0, 0.1) is 29.0 Å². The Morgan fingerprint density at radius 3 is 2.69 bits per heavy atom. The number of benzene rings is 2. The highest BCUT2D eigenvalue weighted by atomic mass is 19.1. The van der Waals surface area contributed by atoms with Crippen LogP contribution in [0.2, 0.25) is 0 Å². The van der Waals surface area contributed by atoms with Gasteiger partial charge in [-0.05, 0) is 54.7 Å². The number of carbonyl (C=O) groups is 1. The van der Waals surface area contributed by atoms with Gasteiger partial charge in [0, 0.05) is 42.9 Å². The molecule has 9 nitrogen and oxygen atoms in total. The number of rotatable bonds is 9. The minimum absolute atomic E-state index is 0.0489. The zero-order valence-corrected chi connectivity index (χ0v) is 23.2. The SMILES string of the molecule is COC(=O)c1ccc2nc(CN3C[C@@H]4C(c5cccc(OCc6ccc(C#N)cc6F)n5)[C@@H]4C3)n(C[C@@H]3CCO3)c2c1. The Hall–Kier alpha value is -4.33. The maximum Gasteiger partial charge on any atom is 0.337 e. The van der Waals surface area contributed by atoms with Gasteiger partial charge in [0.1, 0.15) is 18.2 Å². The maximum atomic E-state index is 14.3. The van der Waals surface area contributed by atoms with Crippen molar-refractivity contribution in [2.75, 3.05) is 26.8 Å². The van der Waals surface area contributed by atoms with Gasteiger partial charge < -0.3 is 18.8 Å². The zero-order chi connectivity index (χ0) is 28.8. The summed E-state index contributed by atoms with van der Waals surface area (Å²) in [6, 6.07) is 17.6. The highest BCUT2D eigenvalue weighted by Gasteiger charge is 2.57. The number of pyridine rings is 1. The maximum absolute atomic E-state index is 14.3. The fourth-order valence-electron chi connectivity index (χ4n) is 6.34. The highest BCUT2D eigenvalue weighted by Crippen LogP contribution is 2.58. The van der Waals surface area contributed by atoms with Gasteiger partial charge in [-0.2, -0.15) is 5.26 Å². The van der Waals surface area contributed by atoms with E-state index in [1.165, 1.54) is 13.2 Å². The number of methoxy groups -OCH3 is 1. The lowest BCUT2D eigenvalue weighted by molar-refractivity contribution is -0.0591.